The van der Waals surface area contributed by atoms with Gasteiger partial charge in [0.15, 0.2) is 0 Å². The molecule has 1 aromatic carbocycles. The molecule has 6 heteroatoms. The molecule has 0 atom stereocenters. The third-order valence-electron chi connectivity index (χ3n) is 3.03. The van der Waals surface area contributed by atoms with E-state index in [1.807, 2.05) is 40.4 Å². The zero-order valence-corrected chi connectivity index (χ0v) is 14.2. The Morgan fingerprint density at radius 3 is 2.95 bits per heavy atom. The van der Waals surface area contributed by atoms with Crippen molar-refractivity contribution in [2.24, 2.45) is 0 Å². The Morgan fingerprint density at radius 2 is 2.20 bits per heavy atom. The third kappa shape index (κ3) is 3.01. The van der Waals surface area contributed by atoms with E-state index in [0.717, 1.165) is 22.8 Å². The van der Waals surface area contributed by atoms with Gasteiger partial charge in [0.05, 0.1) is 10.6 Å². The highest BCUT2D eigenvalue weighted by molar-refractivity contribution is 14.1. The van der Waals surface area contributed by atoms with Crippen LogP contribution in [-0.4, -0.2) is 11.7 Å². The molecule has 3 rings (SSSR count). The number of benzene rings is 1. The van der Waals surface area contributed by atoms with Gasteiger partial charge >= 0.3 is 0 Å². The maximum Gasteiger partial charge on any atom is 0.265 e. The summed E-state index contributed by atoms with van der Waals surface area (Å²) >= 11 is 5.49. The van der Waals surface area contributed by atoms with Crippen molar-refractivity contribution < 1.29 is 9.18 Å². The van der Waals surface area contributed by atoms with Crippen LogP contribution in [0.3, 0.4) is 0 Å². The second-order valence-electron chi connectivity index (χ2n) is 4.44. The topological polar surface area (TPSA) is 29.1 Å². The minimum Gasteiger partial charge on any atom is -0.320 e. The molecular formula is C14H11FINOS2. The van der Waals surface area contributed by atoms with Crippen molar-refractivity contribution in [3.8, 4) is 0 Å². The van der Waals surface area contributed by atoms with Crippen molar-refractivity contribution in [1.29, 1.82) is 0 Å². The molecule has 0 saturated carbocycles. The number of thioether (sulfide) groups is 1. The number of carbonyl (C=O) groups excluding carboxylic acids is 1. The monoisotopic (exact) mass is 419 g/mol. The molecule has 1 amide bonds. The smallest absolute Gasteiger partial charge is 0.265 e. The molecule has 20 heavy (non-hydrogen) atoms. The number of hydrogen-bond donors (Lipinski definition) is 1. The minimum atomic E-state index is -0.295. The zero-order chi connectivity index (χ0) is 14.1. The largest absolute Gasteiger partial charge is 0.320 e. The fourth-order valence-electron chi connectivity index (χ4n) is 2.03. The van der Waals surface area contributed by atoms with Crippen LogP contribution in [-0.2, 0) is 12.2 Å². The standard InChI is InChI=1S/C14H11FINOS2/c15-9-1-2-11(10(16)6-9)17-14(18)13-5-8-7-19-4-3-12(8)20-13/h1-2,5-6H,3-4,7H2,(H,17,18). The van der Waals surface area contributed by atoms with Gasteiger partial charge < -0.3 is 5.32 Å². The number of fused-ring (bicyclic) bond motifs is 1. The molecule has 2 aromatic rings. The fraction of sp³-hybridized carbons (Fsp3) is 0.214. The lowest BCUT2D eigenvalue weighted by atomic mass is 10.2. The molecule has 104 valence electrons. The van der Waals surface area contributed by atoms with E-state index >= 15 is 0 Å². The first-order chi connectivity index (χ1) is 9.63. The summed E-state index contributed by atoms with van der Waals surface area (Å²) < 4.78 is 13.7. The predicted octanol–water partition coefficient (Wildman–Crippen LogP) is 4.53. The quantitative estimate of drug-likeness (QED) is 0.725. The van der Waals surface area contributed by atoms with Crippen LogP contribution in [0.1, 0.15) is 20.1 Å². The van der Waals surface area contributed by atoms with E-state index in [-0.39, 0.29) is 11.7 Å². The number of amides is 1. The van der Waals surface area contributed by atoms with Crippen molar-refractivity contribution in [1.82, 2.24) is 0 Å². The highest BCUT2D eigenvalue weighted by Crippen LogP contribution is 2.32. The van der Waals surface area contributed by atoms with Crippen molar-refractivity contribution in [2.45, 2.75) is 12.2 Å². The van der Waals surface area contributed by atoms with Crippen LogP contribution in [0.15, 0.2) is 24.3 Å². The van der Waals surface area contributed by atoms with Gasteiger partial charge in [-0.25, -0.2) is 4.39 Å². The Balaban J connectivity index is 1.80. The summed E-state index contributed by atoms with van der Waals surface area (Å²) in [6.45, 7) is 0. The van der Waals surface area contributed by atoms with Gasteiger partial charge in [0, 0.05) is 14.2 Å². The second kappa shape index (κ2) is 6.03. The molecule has 2 heterocycles. The van der Waals surface area contributed by atoms with Crippen molar-refractivity contribution in [3.63, 3.8) is 0 Å². The molecular weight excluding hydrogens is 408 g/mol. The fourth-order valence-corrected chi connectivity index (χ4v) is 4.91. The summed E-state index contributed by atoms with van der Waals surface area (Å²) in [5, 5.41) is 2.85. The van der Waals surface area contributed by atoms with Crippen LogP contribution in [0.5, 0.6) is 0 Å². The molecule has 1 N–H and O–H groups in total. The lowest BCUT2D eigenvalue weighted by Crippen LogP contribution is -2.11. The van der Waals surface area contributed by atoms with E-state index in [9.17, 15) is 9.18 Å². The molecule has 1 aliphatic rings. The molecule has 2 nitrogen and oxygen atoms in total. The third-order valence-corrected chi connectivity index (χ3v) is 6.17. The average Bonchev–Trinajstić information content (AvgIpc) is 2.86. The van der Waals surface area contributed by atoms with Gasteiger partial charge in [-0.3, -0.25) is 4.79 Å². The Hall–Kier alpha value is -0.600. The first-order valence-electron chi connectivity index (χ1n) is 6.09. The van der Waals surface area contributed by atoms with Gasteiger partial charge in [0.25, 0.3) is 5.91 Å². The molecule has 0 fully saturated rings. The summed E-state index contributed by atoms with van der Waals surface area (Å²) in [5.41, 5.74) is 1.93. The van der Waals surface area contributed by atoms with Crippen LogP contribution >= 0.6 is 45.7 Å². The van der Waals surface area contributed by atoms with E-state index in [4.69, 9.17) is 0 Å². The summed E-state index contributed by atoms with van der Waals surface area (Å²) in [5.74, 6) is 1.72. The van der Waals surface area contributed by atoms with E-state index in [1.54, 1.807) is 17.4 Å². The number of thiophene rings is 1. The number of rotatable bonds is 2. The highest BCUT2D eigenvalue weighted by Gasteiger charge is 2.18. The van der Waals surface area contributed by atoms with Gasteiger partial charge in [-0.2, -0.15) is 11.8 Å². The van der Waals surface area contributed by atoms with Gasteiger partial charge in [-0.1, -0.05) is 0 Å². The Kier molecular flexibility index (Phi) is 4.32. The summed E-state index contributed by atoms with van der Waals surface area (Å²) in [4.78, 5) is 14.3. The van der Waals surface area contributed by atoms with Crippen LogP contribution in [0.2, 0.25) is 0 Å². The number of halogens is 2. The summed E-state index contributed by atoms with van der Waals surface area (Å²) in [7, 11) is 0. The molecule has 0 bridgehead atoms. The number of nitrogens with one attached hydrogen (secondary N) is 1. The van der Waals surface area contributed by atoms with Gasteiger partial charge in [0.2, 0.25) is 0 Å². The predicted molar refractivity (Wildman–Crippen MR) is 91.3 cm³/mol. The van der Waals surface area contributed by atoms with Crippen molar-refractivity contribution >= 4 is 57.3 Å². The first-order valence-corrected chi connectivity index (χ1v) is 9.14. The molecule has 1 aromatic heterocycles. The van der Waals surface area contributed by atoms with E-state index in [1.165, 1.54) is 22.6 Å². The van der Waals surface area contributed by atoms with Crippen LogP contribution in [0.25, 0.3) is 0 Å². The van der Waals surface area contributed by atoms with Crippen molar-refractivity contribution in [3.05, 3.63) is 49.0 Å². The Labute approximate surface area is 138 Å². The first kappa shape index (κ1) is 14.3. The maximum atomic E-state index is 13.0. The molecule has 0 aliphatic carbocycles. The highest BCUT2D eigenvalue weighted by atomic mass is 127. The number of aryl methyl sites for hydroxylation is 1. The Morgan fingerprint density at radius 1 is 1.35 bits per heavy atom. The average molecular weight is 419 g/mol. The molecule has 0 unspecified atom stereocenters. The molecule has 1 aliphatic heterocycles. The van der Waals surface area contributed by atoms with E-state index in [2.05, 4.69) is 5.32 Å². The lowest BCUT2D eigenvalue weighted by Gasteiger charge is -2.08. The molecule has 0 saturated heterocycles. The van der Waals surface area contributed by atoms with Crippen LogP contribution < -0.4 is 5.32 Å². The van der Waals surface area contributed by atoms with Gasteiger partial charge in [-0.05, 0) is 64.6 Å². The number of carbonyl (C=O) groups is 1. The van der Waals surface area contributed by atoms with Gasteiger partial charge in [0.1, 0.15) is 5.82 Å². The SMILES string of the molecule is O=C(Nc1ccc(F)cc1I)c1cc2c(s1)CCSC2. The second-order valence-corrected chi connectivity index (χ2v) is 7.84. The number of hydrogen-bond acceptors (Lipinski definition) is 3. The number of anilines is 1. The van der Waals surface area contributed by atoms with Crippen molar-refractivity contribution in [2.75, 3.05) is 11.1 Å². The lowest BCUT2D eigenvalue weighted by molar-refractivity contribution is 0.103. The summed E-state index contributed by atoms with van der Waals surface area (Å²) in [6, 6.07) is 6.34. The molecule has 0 radical (unpaired) electrons. The van der Waals surface area contributed by atoms with E-state index < -0.39 is 0 Å². The van der Waals surface area contributed by atoms with E-state index in [0.29, 0.717) is 9.26 Å². The minimum absolute atomic E-state index is 0.112. The van der Waals surface area contributed by atoms with Gasteiger partial charge in [-0.15, -0.1) is 11.3 Å². The Bertz CT molecular complexity index is 648. The summed E-state index contributed by atoms with van der Waals surface area (Å²) in [6.07, 6.45) is 1.05. The van der Waals surface area contributed by atoms with Crippen LogP contribution in [0.4, 0.5) is 10.1 Å². The zero-order valence-electron chi connectivity index (χ0n) is 10.4. The normalized spacial score (nSPS) is 13.9. The molecule has 0 spiro atoms. The maximum absolute atomic E-state index is 13.0. The van der Waals surface area contributed by atoms with Crippen LogP contribution in [0, 0.1) is 9.39 Å².